The van der Waals surface area contributed by atoms with Crippen molar-refractivity contribution in [3.8, 4) is 0 Å². The van der Waals surface area contributed by atoms with Crippen LogP contribution in [0.4, 0.5) is 5.69 Å². The molecule has 0 bridgehead atoms. The molecule has 2 aromatic rings. The summed E-state index contributed by atoms with van der Waals surface area (Å²) < 4.78 is 0. The zero-order valence-electron chi connectivity index (χ0n) is 13.0. The SMILES string of the molecule is CC(C)c1ccccc1NCc1cnc(C(C)(C)C)s1. The van der Waals surface area contributed by atoms with Gasteiger partial charge in [0, 0.05) is 22.2 Å². The maximum Gasteiger partial charge on any atom is 0.0981 e. The van der Waals surface area contributed by atoms with E-state index in [2.05, 4.69) is 69.2 Å². The number of nitrogens with zero attached hydrogens (tertiary/aromatic N) is 1. The fraction of sp³-hybridized carbons (Fsp3) is 0.471. The molecule has 0 spiro atoms. The molecular weight excluding hydrogens is 264 g/mol. The van der Waals surface area contributed by atoms with E-state index >= 15 is 0 Å². The Morgan fingerprint density at radius 3 is 2.50 bits per heavy atom. The molecule has 20 heavy (non-hydrogen) atoms. The van der Waals surface area contributed by atoms with Gasteiger partial charge in [0.25, 0.3) is 0 Å². The highest BCUT2D eigenvalue weighted by molar-refractivity contribution is 7.11. The quantitative estimate of drug-likeness (QED) is 0.839. The van der Waals surface area contributed by atoms with Gasteiger partial charge < -0.3 is 5.32 Å². The van der Waals surface area contributed by atoms with E-state index in [4.69, 9.17) is 0 Å². The van der Waals surface area contributed by atoms with Crippen LogP contribution in [0.15, 0.2) is 30.5 Å². The van der Waals surface area contributed by atoms with Gasteiger partial charge in [-0.1, -0.05) is 52.8 Å². The minimum absolute atomic E-state index is 0.138. The van der Waals surface area contributed by atoms with Crippen LogP contribution in [0, 0.1) is 0 Å². The summed E-state index contributed by atoms with van der Waals surface area (Å²) in [6.45, 7) is 11.9. The number of thiazole rings is 1. The topological polar surface area (TPSA) is 24.9 Å². The van der Waals surface area contributed by atoms with Crippen LogP contribution in [0.3, 0.4) is 0 Å². The molecule has 1 heterocycles. The second kappa shape index (κ2) is 5.96. The summed E-state index contributed by atoms with van der Waals surface area (Å²) in [5.41, 5.74) is 2.74. The molecule has 0 aliphatic carbocycles. The van der Waals surface area contributed by atoms with E-state index in [0.29, 0.717) is 5.92 Å². The van der Waals surface area contributed by atoms with Crippen molar-refractivity contribution in [3.63, 3.8) is 0 Å². The summed E-state index contributed by atoms with van der Waals surface area (Å²) >= 11 is 1.80. The van der Waals surface area contributed by atoms with Gasteiger partial charge in [-0.05, 0) is 17.5 Å². The molecule has 0 atom stereocenters. The number of aromatic nitrogens is 1. The molecule has 0 unspecified atom stereocenters. The lowest BCUT2D eigenvalue weighted by Crippen LogP contribution is -2.09. The smallest absolute Gasteiger partial charge is 0.0981 e. The third-order valence-electron chi connectivity index (χ3n) is 3.23. The van der Waals surface area contributed by atoms with Crippen molar-refractivity contribution < 1.29 is 0 Å². The summed E-state index contributed by atoms with van der Waals surface area (Å²) in [6, 6.07) is 8.54. The van der Waals surface area contributed by atoms with E-state index in [0.717, 1.165) is 6.54 Å². The van der Waals surface area contributed by atoms with E-state index in [1.807, 2.05) is 6.20 Å². The first kappa shape index (κ1) is 15.0. The summed E-state index contributed by atoms with van der Waals surface area (Å²) in [7, 11) is 0. The molecule has 0 aliphatic heterocycles. The molecule has 0 saturated carbocycles. The first-order valence-electron chi connectivity index (χ1n) is 7.16. The number of hydrogen-bond donors (Lipinski definition) is 1. The third-order valence-corrected chi connectivity index (χ3v) is 4.65. The van der Waals surface area contributed by atoms with Crippen LogP contribution in [-0.2, 0) is 12.0 Å². The highest BCUT2D eigenvalue weighted by Crippen LogP contribution is 2.28. The highest BCUT2D eigenvalue weighted by atomic mass is 32.1. The largest absolute Gasteiger partial charge is 0.380 e. The van der Waals surface area contributed by atoms with Crippen LogP contribution in [0.25, 0.3) is 0 Å². The number of para-hydroxylation sites is 1. The Bertz CT molecular complexity index is 564. The zero-order chi connectivity index (χ0) is 14.8. The predicted molar refractivity (Wildman–Crippen MR) is 88.7 cm³/mol. The van der Waals surface area contributed by atoms with Crippen LogP contribution in [0.1, 0.15) is 56.0 Å². The van der Waals surface area contributed by atoms with Gasteiger partial charge in [-0.15, -0.1) is 11.3 Å². The molecule has 0 radical (unpaired) electrons. The fourth-order valence-corrected chi connectivity index (χ4v) is 2.99. The first-order valence-corrected chi connectivity index (χ1v) is 7.97. The molecule has 1 N–H and O–H groups in total. The van der Waals surface area contributed by atoms with E-state index in [9.17, 15) is 0 Å². The van der Waals surface area contributed by atoms with Crippen LogP contribution in [0.2, 0.25) is 0 Å². The fourth-order valence-electron chi connectivity index (χ4n) is 2.08. The van der Waals surface area contributed by atoms with Crippen molar-refractivity contribution in [3.05, 3.63) is 45.9 Å². The number of hydrogen-bond acceptors (Lipinski definition) is 3. The zero-order valence-corrected chi connectivity index (χ0v) is 13.8. The lowest BCUT2D eigenvalue weighted by Gasteiger charge is -2.14. The van der Waals surface area contributed by atoms with Gasteiger partial charge in [0.15, 0.2) is 0 Å². The van der Waals surface area contributed by atoms with Gasteiger partial charge in [0.05, 0.1) is 11.6 Å². The van der Waals surface area contributed by atoms with E-state index in [1.54, 1.807) is 11.3 Å². The predicted octanol–water partition coefficient (Wildman–Crippen LogP) is 5.18. The van der Waals surface area contributed by atoms with Crippen LogP contribution in [0.5, 0.6) is 0 Å². The van der Waals surface area contributed by atoms with Gasteiger partial charge >= 0.3 is 0 Å². The molecule has 2 nitrogen and oxygen atoms in total. The highest BCUT2D eigenvalue weighted by Gasteiger charge is 2.17. The van der Waals surface area contributed by atoms with Gasteiger partial charge in [-0.3, -0.25) is 0 Å². The molecule has 0 amide bonds. The third kappa shape index (κ3) is 3.60. The van der Waals surface area contributed by atoms with Gasteiger partial charge in [0.2, 0.25) is 0 Å². The molecule has 1 aromatic carbocycles. The number of nitrogens with one attached hydrogen (secondary N) is 1. The molecule has 3 heteroatoms. The van der Waals surface area contributed by atoms with Gasteiger partial charge in [-0.2, -0.15) is 0 Å². The van der Waals surface area contributed by atoms with Crippen molar-refractivity contribution in [1.29, 1.82) is 0 Å². The molecule has 2 rings (SSSR count). The van der Waals surface area contributed by atoms with Crippen molar-refractivity contribution in [2.75, 3.05) is 5.32 Å². The van der Waals surface area contributed by atoms with Crippen LogP contribution < -0.4 is 5.32 Å². The van der Waals surface area contributed by atoms with E-state index in [-0.39, 0.29) is 5.41 Å². The number of benzene rings is 1. The molecule has 0 saturated heterocycles. The summed E-state index contributed by atoms with van der Waals surface area (Å²) in [5, 5.41) is 4.75. The first-order chi connectivity index (χ1) is 9.38. The molecule has 108 valence electrons. The normalized spacial score (nSPS) is 11.9. The minimum Gasteiger partial charge on any atom is -0.380 e. The Morgan fingerprint density at radius 2 is 1.90 bits per heavy atom. The van der Waals surface area contributed by atoms with Gasteiger partial charge in [0.1, 0.15) is 0 Å². The Kier molecular flexibility index (Phi) is 4.48. The second-order valence-electron chi connectivity index (χ2n) is 6.48. The van der Waals surface area contributed by atoms with Crippen LogP contribution in [-0.4, -0.2) is 4.98 Å². The summed E-state index contributed by atoms with van der Waals surface area (Å²) in [4.78, 5) is 5.82. The average molecular weight is 288 g/mol. The van der Waals surface area contributed by atoms with Gasteiger partial charge in [-0.25, -0.2) is 4.98 Å². The standard InChI is InChI=1S/C17H24N2S/c1-12(2)14-8-6-7-9-15(14)18-10-13-11-19-16(20-13)17(3,4)5/h6-9,11-12,18H,10H2,1-5H3. The molecule has 1 aromatic heterocycles. The Balaban J connectivity index is 2.08. The van der Waals surface area contributed by atoms with E-state index in [1.165, 1.54) is 21.1 Å². The average Bonchev–Trinajstić information content (AvgIpc) is 2.85. The number of anilines is 1. The van der Waals surface area contributed by atoms with Crippen LogP contribution >= 0.6 is 11.3 Å². The monoisotopic (exact) mass is 288 g/mol. The second-order valence-corrected chi connectivity index (χ2v) is 7.59. The van der Waals surface area contributed by atoms with Crippen molar-refractivity contribution in [1.82, 2.24) is 4.98 Å². The Labute approximate surface area is 126 Å². The summed E-state index contributed by atoms with van der Waals surface area (Å²) in [5.74, 6) is 0.533. The lowest BCUT2D eigenvalue weighted by molar-refractivity contribution is 0.585. The molecule has 0 fully saturated rings. The van der Waals surface area contributed by atoms with Crippen molar-refractivity contribution in [2.45, 2.75) is 52.5 Å². The van der Waals surface area contributed by atoms with Crippen molar-refractivity contribution >= 4 is 17.0 Å². The van der Waals surface area contributed by atoms with Crippen molar-refractivity contribution in [2.24, 2.45) is 0 Å². The van der Waals surface area contributed by atoms with E-state index < -0.39 is 0 Å². The maximum absolute atomic E-state index is 4.54. The molecule has 0 aliphatic rings. The molecular formula is C17H24N2S. The maximum atomic E-state index is 4.54. The lowest BCUT2D eigenvalue weighted by atomic mass is 9.98. The Hall–Kier alpha value is -1.35. The minimum atomic E-state index is 0.138. The Morgan fingerprint density at radius 1 is 1.20 bits per heavy atom. The number of rotatable bonds is 4. The summed E-state index contributed by atoms with van der Waals surface area (Å²) in [6.07, 6.45) is 2.00.